The second-order valence-corrected chi connectivity index (χ2v) is 9.00. The van der Waals surface area contributed by atoms with E-state index in [-0.39, 0.29) is 48.1 Å². The van der Waals surface area contributed by atoms with Gasteiger partial charge in [-0.2, -0.15) is 0 Å². The quantitative estimate of drug-likeness (QED) is 0.245. The Morgan fingerprint density at radius 3 is 1.74 bits per heavy atom. The van der Waals surface area contributed by atoms with Gasteiger partial charge in [-0.3, -0.25) is 24.6 Å². The summed E-state index contributed by atoms with van der Waals surface area (Å²) in [5.74, 6) is -2.79. The van der Waals surface area contributed by atoms with E-state index in [0.717, 1.165) is 22.3 Å². The molecule has 8 nitrogen and oxygen atoms in total. The van der Waals surface area contributed by atoms with Crippen LogP contribution >= 0.6 is 0 Å². The van der Waals surface area contributed by atoms with E-state index in [2.05, 4.69) is 0 Å². The van der Waals surface area contributed by atoms with Gasteiger partial charge in [-0.15, -0.1) is 0 Å². The number of amides is 2. The van der Waals surface area contributed by atoms with Crippen molar-refractivity contribution in [3.63, 3.8) is 0 Å². The van der Waals surface area contributed by atoms with E-state index in [1.165, 1.54) is 29.2 Å². The molecule has 1 fully saturated rings. The van der Waals surface area contributed by atoms with Crippen LogP contribution in [0.25, 0.3) is 0 Å². The molecule has 35 heavy (non-hydrogen) atoms. The van der Waals surface area contributed by atoms with Crippen molar-refractivity contribution in [1.82, 2.24) is 4.90 Å². The zero-order valence-electron chi connectivity index (χ0n) is 18.5. The maximum atomic E-state index is 13.5. The van der Waals surface area contributed by atoms with Gasteiger partial charge in [-0.05, 0) is 28.3 Å². The number of rotatable bonds is 5. The molecule has 3 aliphatic carbocycles. The van der Waals surface area contributed by atoms with Gasteiger partial charge in [0.15, 0.2) is 0 Å². The lowest BCUT2D eigenvalue weighted by Gasteiger charge is -2.45. The number of likely N-dealkylation sites (tertiary alicyclic amines) is 1. The summed E-state index contributed by atoms with van der Waals surface area (Å²) < 4.78 is 5.23. The van der Waals surface area contributed by atoms with Crippen molar-refractivity contribution in [2.45, 2.75) is 11.8 Å². The van der Waals surface area contributed by atoms with Gasteiger partial charge >= 0.3 is 5.97 Å². The van der Waals surface area contributed by atoms with E-state index in [9.17, 15) is 24.5 Å². The number of hydrogen-bond acceptors (Lipinski definition) is 6. The standard InChI is InChI=1S/C27H20N2O6/c30-25-23-21-15-7-1-2-8-16(15)22(18-10-4-3-9-17(18)21)24(23)26(31)28(25)13-14-35-27(32)19-11-5-6-12-20(19)29(33)34/h1-12,21-24H,13-14H2/t21?,22?,23-,24-/m1/s1. The number of imide groups is 1. The van der Waals surface area contributed by atoms with Crippen molar-refractivity contribution < 1.29 is 24.0 Å². The summed E-state index contributed by atoms with van der Waals surface area (Å²) >= 11 is 0. The minimum Gasteiger partial charge on any atom is -0.460 e. The normalized spacial score (nSPS) is 23.5. The van der Waals surface area contributed by atoms with Gasteiger partial charge in [0, 0.05) is 17.9 Å². The van der Waals surface area contributed by atoms with Crippen LogP contribution in [0.15, 0.2) is 72.8 Å². The molecule has 8 heteroatoms. The number of esters is 1. The highest BCUT2D eigenvalue weighted by Crippen LogP contribution is 2.60. The van der Waals surface area contributed by atoms with Gasteiger partial charge in [-0.1, -0.05) is 60.7 Å². The topological polar surface area (TPSA) is 107 Å². The maximum Gasteiger partial charge on any atom is 0.345 e. The minimum atomic E-state index is -0.867. The Morgan fingerprint density at radius 1 is 0.800 bits per heavy atom. The Balaban J connectivity index is 1.25. The number of carbonyl (C=O) groups is 3. The second kappa shape index (κ2) is 7.87. The fourth-order valence-electron chi connectivity index (χ4n) is 6.07. The molecule has 0 radical (unpaired) electrons. The number of hydrogen-bond donors (Lipinski definition) is 0. The Bertz CT molecular complexity index is 1300. The maximum absolute atomic E-state index is 13.5. The third kappa shape index (κ3) is 3.02. The van der Waals surface area contributed by atoms with Crippen LogP contribution in [-0.4, -0.2) is 40.8 Å². The van der Waals surface area contributed by atoms with Crippen molar-refractivity contribution in [3.05, 3.63) is 111 Å². The van der Waals surface area contributed by atoms with Crippen molar-refractivity contribution in [2.75, 3.05) is 13.2 Å². The number of nitrogens with zero attached hydrogens (tertiary/aromatic N) is 2. The minimum absolute atomic E-state index is 0.0941. The first-order valence-corrected chi connectivity index (χ1v) is 11.4. The number of para-hydroxylation sites is 1. The molecular weight excluding hydrogens is 448 g/mol. The van der Waals surface area contributed by atoms with Crippen LogP contribution < -0.4 is 0 Å². The average molecular weight is 468 g/mol. The largest absolute Gasteiger partial charge is 0.460 e. The van der Waals surface area contributed by atoms with Gasteiger partial charge in [0.05, 0.1) is 23.3 Å². The molecule has 0 aromatic heterocycles. The number of benzene rings is 3. The fourth-order valence-corrected chi connectivity index (χ4v) is 6.07. The summed E-state index contributed by atoms with van der Waals surface area (Å²) in [7, 11) is 0. The predicted molar refractivity (Wildman–Crippen MR) is 124 cm³/mol. The predicted octanol–water partition coefficient (Wildman–Crippen LogP) is 3.64. The van der Waals surface area contributed by atoms with Gasteiger partial charge < -0.3 is 4.74 Å². The molecule has 174 valence electrons. The molecule has 1 saturated heterocycles. The lowest BCUT2D eigenvalue weighted by molar-refractivity contribution is -0.385. The molecule has 0 saturated carbocycles. The SMILES string of the molecule is O=C(OCCN1C(=O)[C@@H]2C3c4ccccc4C(c4ccccc43)[C@H]2C1=O)c1ccccc1[N+](=O)[O-]. The summed E-state index contributed by atoms with van der Waals surface area (Å²) in [6, 6.07) is 21.5. The zero-order valence-corrected chi connectivity index (χ0v) is 18.5. The van der Waals surface area contributed by atoms with Crippen LogP contribution in [0.2, 0.25) is 0 Å². The van der Waals surface area contributed by atoms with Crippen molar-refractivity contribution in [3.8, 4) is 0 Å². The molecule has 0 unspecified atom stereocenters. The highest BCUT2D eigenvalue weighted by atomic mass is 16.6. The van der Waals surface area contributed by atoms with Crippen molar-refractivity contribution >= 4 is 23.5 Å². The van der Waals surface area contributed by atoms with Crippen molar-refractivity contribution in [2.24, 2.45) is 11.8 Å². The summed E-state index contributed by atoms with van der Waals surface area (Å²) in [4.78, 5) is 51.2. The number of nitro groups is 1. The molecule has 1 heterocycles. The molecule has 2 bridgehead atoms. The first-order valence-electron chi connectivity index (χ1n) is 11.4. The fraction of sp³-hybridized carbons (Fsp3) is 0.222. The Morgan fingerprint density at radius 2 is 1.26 bits per heavy atom. The highest BCUT2D eigenvalue weighted by molar-refractivity contribution is 6.07. The highest BCUT2D eigenvalue weighted by Gasteiger charge is 2.61. The third-order valence-corrected chi connectivity index (χ3v) is 7.41. The van der Waals surface area contributed by atoms with E-state index in [4.69, 9.17) is 4.74 Å². The monoisotopic (exact) mass is 468 g/mol. The molecular formula is C27H20N2O6. The van der Waals surface area contributed by atoms with E-state index in [1.807, 2.05) is 48.5 Å². The van der Waals surface area contributed by atoms with Crippen molar-refractivity contribution in [1.29, 1.82) is 0 Å². The molecule has 2 amide bonds. The summed E-state index contributed by atoms with van der Waals surface area (Å²) in [5.41, 5.74) is 3.82. The first-order chi connectivity index (χ1) is 17.0. The Labute approximate surface area is 200 Å². The molecule has 3 aromatic carbocycles. The van der Waals surface area contributed by atoms with Crippen LogP contribution in [0, 0.1) is 22.0 Å². The smallest absolute Gasteiger partial charge is 0.345 e. The van der Waals surface area contributed by atoms with Crippen LogP contribution in [0.3, 0.4) is 0 Å². The second-order valence-electron chi connectivity index (χ2n) is 9.00. The summed E-state index contributed by atoms with van der Waals surface area (Å²) in [5, 5.41) is 11.2. The summed E-state index contributed by atoms with van der Waals surface area (Å²) in [6.45, 7) is -0.333. The van der Waals surface area contributed by atoms with Gasteiger partial charge in [0.2, 0.25) is 11.8 Å². The van der Waals surface area contributed by atoms with Crippen LogP contribution in [0.4, 0.5) is 5.69 Å². The third-order valence-electron chi connectivity index (χ3n) is 7.41. The molecule has 4 aliphatic rings. The van der Waals surface area contributed by atoms with Crippen LogP contribution in [-0.2, 0) is 14.3 Å². The molecule has 1 aliphatic heterocycles. The average Bonchev–Trinajstić information content (AvgIpc) is 3.14. The van der Waals surface area contributed by atoms with Gasteiger partial charge in [0.1, 0.15) is 12.2 Å². The summed E-state index contributed by atoms with van der Waals surface area (Å²) in [6.07, 6.45) is 0. The first kappa shape index (κ1) is 21.2. The van der Waals surface area contributed by atoms with E-state index >= 15 is 0 Å². The van der Waals surface area contributed by atoms with E-state index in [0.29, 0.717) is 0 Å². The van der Waals surface area contributed by atoms with Gasteiger partial charge in [0.25, 0.3) is 5.69 Å². The Kier molecular flexibility index (Phi) is 4.77. The van der Waals surface area contributed by atoms with Crippen LogP contribution in [0.1, 0.15) is 44.4 Å². The Hall–Kier alpha value is -4.33. The molecule has 7 rings (SSSR count). The van der Waals surface area contributed by atoms with E-state index in [1.54, 1.807) is 0 Å². The lowest BCUT2D eigenvalue weighted by atomic mass is 9.55. The van der Waals surface area contributed by atoms with Crippen LogP contribution in [0.5, 0.6) is 0 Å². The van der Waals surface area contributed by atoms with E-state index < -0.39 is 22.7 Å². The molecule has 0 N–H and O–H groups in total. The molecule has 3 aromatic rings. The van der Waals surface area contributed by atoms with Gasteiger partial charge in [-0.25, -0.2) is 4.79 Å². The lowest BCUT2D eigenvalue weighted by Crippen LogP contribution is -2.41. The molecule has 0 spiro atoms. The zero-order chi connectivity index (χ0) is 24.3. The number of carbonyl (C=O) groups excluding carboxylic acids is 3. The number of nitro benzene ring substituents is 1. The number of ether oxygens (including phenoxy) is 1. The molecule has 2 atom stereocenters.